The number of thioether (sulfide) groups is 1. The van der Waals surface area contributed by atoms with Crippen molar-refractivity contribution in [2.24, 2.45) is 0 Å². The minimum atomic E-state index is -0.465. The Bertz CT molecular complexity index is 417. The molecule has 0 spiro atoms. The lowest BCUT2D eigenvalue weighted by molar-refractivity contribution is -0.151. The lowest BCUT2D eigenvalue weighted by Gasteiger charge is -2.20. The van der Waals surface area contributed by atoms with E-state index in [1.807, 2.05) is 41.5 Å². The number of nitrogens with zero attached hydrogens (tertiary/aromatic N) is 4. The Morgan fingerprint density at radius 3 is 2.39 bits per heavy atom. The molecule has 0 saturated heterocycles. The molecule has 0 aromatic carbocycles. The lowest BCUT2D eigenvalue weighted by atomic mass is 10.1. The van der Waals surface area contributed by atoms with Crippen LogP contribution in [0.25, 0.3) is 0 Å². The summed E-state index contributed by atoms with van der Waals surface area (Å²) in [6, 6.07) is 0. The van der Waals surface area contributed by atoms with Gasteiger partial charge in [-0.15, -0.1) is 5.10 Å². The van der Waals surface area contributed by atoms with Crippen molar-refractivity contribution in [3.05, 3.63) is 0 Å². The number of carbonyl (C=O) groups is 1. The van der Waals surface area contributed by atoms with Crippen LogP contribution < -0.4 is 0 Å². The molecule has 7 heteroatoms. The molecule has 1 aromatic heterocycles. The molecule has 0 amide bonds. The third kappa shape index (κ3) is 4.64. The predicted octanol–water partition coefficient (Wildman–Crippen LogP) is 1.86. The van der Waals surface area contributed by atoms with E-state index in [4.69, 9.17) is 4.74 Å². The zero-order valence-corrected chi connectivity index (χ0v) is 12.5. The van der Waals surface area contributed by atoms with E-state index in [0.717, 1.165) is 0 Å². The highest BCUT2D eigenvalue weighted by molar-refractivity contribution is 7.99. The third-order valence-corrected chi connectivity index (χ3v) is 2.71. The summed E-state index contributed by atoms with van der Waals surface area (Å²) in [5.41, 5.74) is -0.673. The summed E-state index contributed by atoms with van der Waals surface area (Å²) in [7, 11) is 0. The zero-order valence-electron chi connectivity index (χ0n) is 11.7. The average Bonchev–Trinajstić information content (AvgIpc) is 2.58. The van der Waals surface area contributed by atoms with Gasteiger partial charge in [0.05, 0.1) is 11.3 Å². The van der Waals surface area contributed by atoms with Gasteiger partial charge < -0.3 is 4.74 Å². The van der Waals surface area contributed by atoms with Crippen LogP contribution in [0.5, 0.6) is 0 Å². The van der Waals surface area contributed by atoms with Gasteiger partial charge in [0.2, 0.25) is 5.16 Å². The van der Waals surface area contributed by atoms with Gasteiger partial charge in [-0.25, -0.2) is 4.68 Å². The van der Waals surface area contributed by atoms with E-state index in [1.54, 1.807) is 4.68 Å². The number of tetrazole rings is 1. The summed E-state index contributed by atoms with van der Waals surface area (Å²) >= 11 is 1.28. The maximum atomic E-state index is 11.6. The fourth-order valence-electron chi connectivity index (χ4n) is 1.18. The Hall–Kier alpha value is -1.11. The number of ether oxygens (including phenoxy) is 1. The van der Waals surface area contributed by atoms with Gasteiger partial charge in [-0.1, -0.05) is 11.8 Å². The van der Waals surface area contributed by atoms with Crippen molar-refractivity contribution in [3.63, 3.8) is 0 Å². The largest absolute Gasteiger partial charge is 0.459 e. The van der Waals surface area contributed by atoms with Crippen LogP contribution in [0.4, 0.5) is 0 Å². The smallest absolute Gasteiger partial charge is 0.316 e. The van der Waals surface area contributed by atoms with Gasteiger partial charge in [0.25, 0.3) is 0 Å². The fourth-order valence-corrected chi connectivity index (χ4v) is 2.02. The highest BCUT2D eigenvalue weighted by atomic mass is 32.2. The average molecular weight is 272 g/mol. The quantitative estimate of drug-likeness (QED) is 0.618. The highest BCUT2D eigenvalue weighted by Gasteiger charge is 2.22. The van der Waals surface area contributed by atoms with E-state index in [2.05, 4.69) is 15.5 Å². The summed E-state index contributed by atoms with van der Waals surface area (Å²) in [6.07, 6.45) is 0. The lowest BCUT2D eigenvalue weighted by Crippen LogP contribution is -2.26. The van der Waals surface area contributed by atoms with Crippen LogP contribution >= 0.6 is 11.8 Å². The number of hydrogen-bond donors (Lipinski definition) is 0. The minimum absolute atomic E-state index is 0.202. The van der Waals surface area contributed by atoms with Crippen molar-refractivity contribution in [3.8, 4) is 0 Å². The third-order valence-electron chi connectivity index (χ3n) is 1.82. The zero-order chi connectivity index (χ0) is 14.0. The first kappa shape index (κ1) is 14.9. The Balaban J connectivity index is 2.60. The van der Waals surface area contributed by atoms with Gasteiger partial charge in [0.1, 0.15) is 5.60 Å². The summed E-state index contributed by atoms with van der Waals surface area (Å²) in [5.74, 6) is -0.0655. The van der Waals surface area contributed by atoms with Crippen molar-refractivity contribution in [1.29, 1.82) is 0 Å². The first-order chi connectivity index (χ1) is 8.09. The van der Waals surface area contributed by atoms with Crippen LogP contribution in [0, 0.1) is 0 Å². The van der Waals surface area contributed by atoms with E-state index < -0.39 is 5.60 Å². The van der Waals surface area contributed by atoms with Crippen LogP contribution in [0.2, 0.25) is 0 Å². The van der Waals surface area contributed by atoms with Gasteiger partial charge in [-0.05, 0) is 52.0 Å². The van der Waals surface area contributed by atoms with E-state index >= 15 is 0 Å². The summed E-state index contributed by atoms with van der Waals surface area (Å²) in [4.78, 5) is 11.6. The van der Waals surface area contributed by atoms with Crippen molar-refractivity contribution < 1.29 is 9.53 Å². The van der Waals surface area contributed by atoms with Crippen LogP contribution in [0.3, 0.4) is 0 Å². The first-order valence-corrected chi connectivity index (χ1v) is 6.72. The molecule has 0 aliphatic heterocycles. The molecule has 0 bridgehead atoms. The number of aromatic nitrogens is 4. The predicted molar refractivity (Wildman–Crippen MR) is 69.4 cm³/mol. The van der Waals surface area contributed by atoms with Gasteiger partial charge >= 0.3 is 5.97 Å². The maximum absolute atomic E-state index is 11.6. The monoisotopic (exact) mass is 272 g/mol. The van der Waals surface area contributed by atoms with Crippen LogP contribution in [-0.4, -0.2) is 37.5 Å². The Labute approximate surface area is 111 Å². The van der Waals surface area contributed by atoms with Crippen molar-refractivity contribution in [1.82, 2.24) is 20.2 Å². The molecule has 0 fully saturated rings. The van der Waals surface area contributed by atoms with E-state index in [1.165, 1.54) is 11.8 Å². The number of carbonyl (C=O) groups excluding carboxylic acids is 1. The molecule has 0 atom stereocenters. The molecule has 0 saturated carbocycles. The molecule has 1 rings (SSSR count). The molecule has 102 valence electrons. The molecular weight excluding hydrogens is 252 g/mol. The summed E-state index contributed by atoms with van der Waals surface area (Å²) in [5, 5.41) is 12.1. The fraction of sp³-hybridized carbons (Fsp3) is 0.818. The van der Waals surface area contributed by atoms with Crippen LogP contribution in [0.15, 0.2) is 5.16 Å². The second-order valence-electron chi connectivity index (χ2n) is 5.92. The van der Waals surface area contributed by atoms with E-state index in [0.29, 0.717) is 5.16 Å². The second kappa shape index (κ2) is 5.26. The Morgan fingerprint density at radius 1 is 1.28 bits per heavy atom. The van der Waals surface area contributed by atoms with Crippen molar-refractivity contribution in [2.45, 2.75) is 57.8 Å². The molecule has 0 N–H and O–H groups in total. The summed E-state index contributed by atoms with van der Waals surface area (Å²) in [6.45, 7) is 11.5. The van der Waals surface area contributed by atoms with Crippen molar-refractivity contribution >= 4 is 17.7 Å². The van der Waals surface area contributed by atoms with E-state index in [9.17, 15) is 4.79 Å². The molecular formula is C11H20N4O2S. The van der Waals surface area contributed by atoms with Crippen LogP contribution in [-0.2, 0) is 15.1 Å². The van der Waals surface area contributed by atoms with Gasteiger partial charge in [-0.2, -0.15) is 0 Å². The molecule has 6 nitrogen and oxygen atoms in total. The number of rotatable bonds is 3. The molecule has 18 heavy (non-hydrogen) atoms. The van der Waals surface area contributed by atoms with Gasteiger partial charge in [0, 0.05) is 0 Å². The molecule has 0 aliphatic rings. The van der Waals surface area contributed by atoms with E-state index in [-0.39, 0.29) is 17.3 Å². The maximum Gasteiger partial charge on any atom is 0.316 e. The Morgan fingerprint density at radius 2 is 1.89 bits per heavy atom. The molecule has 0 radical (unpaired) electrons. The number of esters is 1. The molecule has 1 aromatic rings. The van der Waals surface area contributed by atoms with Gasteiger partial charge in [0.15, 0.2) is 0 Å². The normalized spacial score (nSPS) is 12.6. The molecule has 0 aliphatic carbocycles. The molecule has 0 unspecified atom stereocenters. The first-order valence-electron chi connectivity index (χ1n) is 5.73. The standard InChI is InChI=1S/C11H20N4O2S/c1-10(2,3)15-9(12-13-14-15)18-7-8(16)17-11(4,5)6/h7H2,1-6H3. The number of hydrogen-bond acceptors (Lipinski definition) is 6. The summed E-state index contributed by atoms with van der Waals surface area (Å²) < 4.78 is 6.92. The SMILES string of the molecule is CC(C)(C)OC(=O)CSc1nnnn1C(C)(C)C. The topological polar surface area (TPSA) is 69.9 Å². The minimum Gasteiger partial charge on any atom is -0.459 e. The molecule has 1 heterocycles. The highest BCUT2D eigenvalue weighted by Crippen LogP contribution is 2.21. The Kier molecular flexibility index (Phi) is 4.37. The second-order valence-corrected chi connectivity index (χ2v) is 6.86. The van der Waals surface area contributed by atoms with Gasteiger partial charge in [-0.3, -0.25) is 4.79 Å². The van der Waals surface area contributed by atoms with Crippen LogP contribution in [0.1, 0.15) is 41.5 Å². The van der Waals surface area contributed by atoms with Crippen molar-refractivity contribution in [2.75, 3.05) is 5.75 Å².